The fourth-order valence-electron chi connectivity index (χ4n) is 3.46. The van der Waals surface area contributed by atoms with E-state index in [-0.39, 0.29) is 43.4 Å². The molecule has 7 heteroatoms. The van der Waals surface area contributed by atoms with Gasteiger partial charge in [0.25, 0.3) is 0 Å². The minimum atomic E-state index is -1.19. The summed E-state index contributed by atoms with van der Waals surface area (Å²) >= 11 is 0. The molecular weight excluding hydrogens is 374 g/mol. The van der Waals surface area contributed by atoms with E-state index in [1.807, 2.05) is 0 Å². The molecule has 2 N–H and O–H groups in total. The number of carbonyl (C=O) groups excluding carboxylic acids is 1. The maximum atomic E-state index is 11.0. The molecule has 168 valence electrons. The first-order valence-corrected chi connectivity index (χ1v) is 10.9. The largest absolute Gasteiger partial charge is 0.550 e. The maximum absolute atomic E-state index is 11.0. The fourth-order valence-corrected chi connectivity index (χ4v) is 3.46. The lowest BCUT2D eigenvalue weighted by molar-refractivity contribution is -0.927. The van der Waals surface area contributed by atoms with Gasteiger partial charge in [-0.3, -0.25) is 9.59 Å². The molecule has 0 atom stereocenters. The van der Waals surface area contributed by atoms with Crippen molar-refractivity contribution < 1.29 is 34.2 Å². The van der Waals surface area contributed by atoms with Crippen LogP contribution in [0.5, 0.6) is 0 Å². The maximum Gasteiger partial charge on any atom is 0.309 e. The summed E-state index contributed by atoms with van der Waals surface area (Å²) in [5.74, 6) is -3.10. The normalized spacial score (nSPS) is 11.8. The molecule has 0 aromatic heterocycles. The highest BCUT2D eigenvalue weighted by molar-refractivity contribution is 5.67. The van der Waals surface area contributed by atoms with Gasteiger partial charge in [0.05, 0.1) is 39.0 Å². The van der Waals surface area contributed by atoms with Crippen LogP contribution in [0.3, 0.4) is 0 Å². The molecule has 29 heavy (non-hydrogen) atoms. The van der Waals surface area contributed by atoms with E-state index in [4.69, 9.17) is 10.2 Å². The Labute approximate surface area is 175 Å². The average Bonchev–Trinajstić information content (AvgIpc) is 2.66. The molecule has 0 aliphatic rings. The molecule has 0 aromatic carbocycles. The van der Waals surface area contributed by atoms with E-state index < -0.39 is 17.9 Å². The second kappa shape index (κ2) is 17.0. The molecule has 0 aliphatic carbocycles. The Morgan fingerprint density at radius 2 is 1.21 bits per heavy atom. The van der Waals surface area contributed by atoms with Crippen LogP contribution < -0.4 is 5.11 Å². The summed E-state index contributed by atoms with van der Waals surface area (Å²) in [6, 6.07) is 0. The first-order chi connectivity index (χ1) is 13.8. The molecule has 0 unspecified atom stereocenters. The van der Waals surface area contributed by atoms with Crippen LogP contribution in [0.1, 0.15) is 84.0 Å². The van der Waals surface area contributed by atoms with Gasteiger partial charge in [-0.05, 0) is 32.1 Å². The second-order valence-corrected chi connectivity index (χ2v) is 7.82. The van der Waals surface area contributed by atoms with E-state index in [0.717, 1.165) is 44.9 Å². The molecule has 0 aliphatic heterocycles. The number of allylic oxidation sites excluding steroid dienone is 2. The molecule has 0 saturated heterocycles. The van der Waals surface area contributed by atoms with Gasteiger partial charge < -0.3 is 24.6 Å². The Morgan fingerprint density at radius 1 is 0.724 bits per heavy atom. The number of rotatable bonds is 20. The van der Waals surface area contributed by atoms with Crippen molar-refractivity contribution in [3.8, 4) is 0 Å². The van der Waals surface area contributed by atoms with Gasteiger partial charge in [-0.1, -0.05) is 44.8 Å². The van der Waals surface area contributed by atoms with Crippen LogP contribution in [0.2, 0.25) is 0 Å². The molecule has 0 bridgehead atoms. The van der Waals surface area contributed by atoms with Gasteiger partial charge in [-0.15, -0.1) is 0 Å². The van der Waals surface area contributed by atoms with Crippen LogP contribution in [-0.2, 0) is 14.4 Å². The Morgan fingerprint density at radius 3 is 1.72 bits per heavy atom. The number of hydrogen-bond donors (Lipinski definition) is 2. The number of carbonyl (C=O) groups is 3. The quantitative estimate of drug-likeness (QED) is 0.180. The van der Waals surface area contributed by atoms with E-state index in [1.54, 1.807) is 0 Å². The molecule has 0 spiro atoms. The lowest BCUT2D eigenvalue weighted by Crippen LogP contribution is -2.53. The minimum Gasteiger partial charge on any atom is -0.550 e. The molecule has 0 saturated carbocycles. The fraction of sp³-hybridized carbons (Fsp3) is 0.773. The van der Waals surface area contributed by atoms with Gasteiger partial charge in [0.2, 0.25) is 0 Å². The van der Waals surface area contributed by atoms with Crippen LogP contribution in [0.4, 0.5) is 0 Å². The topological polar surface area (TPSA) is 115 Å². The number of unbranched alkanes of at least 4 members (excludes halogenated alkanes) is 7. The van der Waals surface area contributed by atoms with Crippen LogP contribution >= 0.6 is 0 Å². The van der Waals surface area contributed by atoms with Crippen molar-refractivity contribution in [3.05, 3.63) is 12.2 Å². The summed E-state index contributed by atoms with van der Waals surface area (Å²) in [7, 11) is 0. The zero-order chi connectivity index (χ0) is 22.0. The summed E-state index contributed by atoms with van der Waals surface area (Å²) < 4.78 is 0.215. The van der Waals surface area contributed by atoms with Crippen LogP contribution in [0.25, 0.3) is 0 Å². The summed E-state index contributed by atoms with van der Waals surface area (Å²) in [5, 5.41) is 29.0. The highest BCUT2D eigenvalue weighted by Crippen LogP contribution is 2.16. The third kappa shape index (κ3) is 16.7. The van der Waals surface area contributed by atoms with E-state index in [2.05, 4.69) is 19.1 Å². The smallest absolute Gasteiger partial charge is 0.309 e. The third-order valence-corrected chi connectivity index (χ3v) is 5.28. The predicted molar refractivity (Wildman–Crippen MR) is 110 cm³/mol. The highest BCUT2D eigenvalue weighted by atomic mass is 16.4. The summed E-state index contributed by atoms with van der Waals surface area (Å²) in [5.41, 5.74) is 0. The van der Waals surface area contributed by atoms with Gasteiger partial charge in [0, 0.05) is 12.4 Å². The van der Waals surface area contributed by atoms with Gasteiger partial charge in [-0.25, -0.2) is 0 Å². The number of nitrogens with zero attached hydrogens (tertiary/aromatic N) is 1. The van der Waals surface area contributed by atoms with Crippen molar-refractivity contribution in [2.45, 2.75) is 84.0 Å². The summed E-state index contributed by atoms with van der Waals surface area (Å²) in [6.45, 7) is 3.50. The van der Waals surface area contributed by atoms with E-state index in [0.29, 0.717) is 6.54 Å². The molecule has 0 radical (unpaired) electrons. The first-order valence-electron chi connectivity index (χ1n) is 10.9. The van der Waals surface area contributed by atoms with Crippen molar-refractivity contribution in [1.82, 2.24) is 0 Å². The zero-order valence-electron chi connectivity index (χ0n) is 17.9. The number of aliphatic carboxylic acids is 3. The van der Waals surface area contributed by atoms with Gasteiger partial charge >= 0.3 is 11.9 Å². The van der Waals surface area contributed by atoms with Gasteiger partial charge in [0.15, 0.2) is 0 Å². The molecule has 0 aromatic rings. The second-order valence-electron chi connectivity index (χ2n) is 7.82. The van der Waals surface area contributed by atoms with E-state index >= 15 is 0 Å². The highest BCUT2D eigenvalue weighted by Gasteiger charge is 2.28. The monoisotopic (exact) mass is 413 g/mol. The average molecular weight is 414 g/mol. The van der Waals surface area contributed by atoms with Crippen molar-refractivity contribution in [2.75, 3.05) is 26.2 Å². The summed E-state index contributed by atoms with van der Waals surface area (Å²) in [4.78, 5) is 33.0. The molecule has 0 heterocycles. The lowest BCUT2D eigenvalue weighted by Gasteiger charge is -2.38. The van der Waals surface area contributed by atoms with Crippen molar-refractivity contribution in [3.63, 3.8) is 0 Å². The Kier molecular flexibility index (Phi) is 15.9. The number of carboxylic acid groups (broad SMARTS) is 3. The van der Waals surface area contributed by atoms with Crippen molar-refractivity contribution >= 4 is 17.9 Å². The third-order valence-electron chi connectivity index (χ3n) is 5.28. The van der Waals surface area contributed by atoms with Crippen molar-refractivity contribution in [2.24, 2.45) is 0 Å². The molecule has 7 nitrogen and oxygen atoms in total. The Bertz CT molecular complexity index is 458. The lowest BCUT2D eigenvalue weighted by atomic mass is 10.1. The molecule has 0 rings (SSSR count). The number of carboxylic acids is 3. The number of hydrogen-bond acceptors (Lipinski definition) is 4. The molecule has 0 fully saturated rings. The Hall–Kier alpha value is -1.89. The molecular formula is C22H39NO6. The molecule has 0 amide bonds. The number of quaternary nitrogens is 1. The standard InChI is InChI=1S/C22H39NO6/c1-2-3-4-5-6-7-8-9-10-11-12-16-23(17-13-20(24)25,18-14-21(26)27)19-15-22(28)29/h5-6H,2-4,7-19H2,1H3,(H2-,24,25,26,27,28,29)/b6-5+. The van der Waals surface area contributed by atoms with Gasteiger partial charge in [-0.2, -0.15) is 0 Å². The van der Waals surface area contributed by atoms with Crippen LogP contribution in [0, 0.1) is 0 Å². The SMILES string of the molecule is CCCC/C=C/CCCCCCC[N+](CCC(=O)[O-])(CCC(=O)O)CCC(=O)O. The zero-order valence-corrected chi connectivity index (χ0v) is 17.9. The van der Waals surface area contributed by atoms with Crippen LogP contribution in [0.15, 0.2) is 12.2 Å². The minimum absolute atomic E-state index is 0.100. The predicted octanol–water partition coefficient (Wildman–Crippen LogP) is 2.98. The van der Waals surface area contributed by atoms with Crippen LogP contribution in [-0.4, -0.2) is 58.8 Å². The van der Waals surface area contributed by atoms with Crippen molar-refractivity contribution in [1.29, 1.82) is 0 Å². The van der Waals surface area contributed by atoms with E-state index in [9.17, 15) is 19.5 Å². The van der Waals surface area contributed by atoms with E-state index in [1.165, 1.54) is 12.8 Å². The van der Waals surface area contributed by atoms with Gasteiger partial charge in [0.1, 0.15) is 0 Å². The Balaban J connectivity index is 4.44. The first kappa shape index (κ1) is 27.1. The summed E-state index contributed by atoms with van der Waals surface area (Å²) in [6.07, 6.45) is 13.9.